The fourth-order valence-electron chi connectivity index (χ4n) is 1.90. The van der Waals surface area contributed by atoms with Gasteiger partial charge in [0.2, 0.25) is 6.79 Å². The van der Waals surface area contributed by atoms with Crippen molar-refractivity contribution in [3.63, 3.8) is 0 Å². The number of aromatic hydroxyl groups is 1. The maximum absolute atomic E-state index is 11.8. The first-order valence-electron chi connectivity index (χ1n) is 6.07. The highest BCUT2D eigenvalue weighted by Crippen LogP contribution is 2.32. The second kappa shape index (κ2) is 5.13. The molecule has 1 aliphatic rings. The molecule has 102 valence electrons. The Kier molecular flexibility index (Phi) is 3.16. The van der Waals surface area contributed by atoms with Crippen LogP contribution in [0.3, 0.4) is 0 Å². The predicted molar refractivity (Wildman–Crippen MR) is 69.8 cm³/mol. The molecule has 2 aromatic carbocycles. The Morgan fingerprint density at radius 1 is 1.15 bits per heavy atom. The van der Waals surface area contributed by atoms with Crippen molar-refractivity contribution in [1.82, 2.24) is 0 Å². The van der Waals surface area contributed by atoms with E-state index in [-0.39, 0.29) is 19.1 Å². The number of phenols is 1. The zero-order valence-electron chi connectivity index (χ0n) is 10.5. The van der Waals surface area contributed by atoms with E-state index < -0.39 is 5.97 Å². The van der Waals surface area contributed by atoms with E-state index >= 15 is 0 Å². The lowest BCUT2D eigenvalue weighted by Crippen LogP contribution is -2.04. The van der Waals surface area contributed by atoms with Gasteiger partial charge in [0.25, 0.3) is 0 Å². The molecule has 3 rings (SSSR count). The number of phenolic OH excluding ortho intramolecular Hbond substituents is 1. The van der Waals surface area contributed by atoms with Gasteiger partial charge in [-0.15, -0.1) is 0 Å². The van der Waals surface area contributed by atoms with E-state index in [1.165, 1.54) is 12.1 Å². The molecule has 0 aliphatic carbocycles. The normalized spacial score (nSPS) is 12.2. The Morgan fingerprint density at radius 2 is 2.00 bits per heavy atom. The van der Waals surface area contributed by atoms with E-state index in [9.17, 15) is 9.90 Å². The molecule has 1 heterocycles. The standard InChI is InChI=1S/C15H12O5/c16-12-3-1-2-11(7-12)15(17)18-8-10-4-5-13-14(6-10)20-9-19-13/h1-7,16H,8-9H2. The number of benzene rings is 2. The molecule has 0 bridgehead atoms. The Labute approximate surface area is 115 Å². The summed E-state index contributed by atoms with van der Waals surface area (Å²) in [6, 6.07) is 11.4. The molecule has 0 atom stereocenters. The molecule has 20 heavy (non-hydrogen) atoms. The Balaban J connectivity index is 1.66. The molecular formula is C15H12O5. The van der Waals surface area contributed by atoms with Crippen molar-refractivity contribution >= 4 is 5.97 Å². The van der Waals surface area contributed by atoms with Crippen LogP contribution in [-0.4, -0.2) is 17.9 Å². The van der Waals surface area contributed by atoms with Gasteiger partial charge in [-0.05, 0) is 35.9 Å². The zero-order chi connectivity index (χ0) is 13.9. The lowest BCUT2D eigenvalue weighted by molar-refractivity contribution is 0.0472. The van der Waals surface area contributed by atoms with E-state index in [2.05, 4.69) is 0 Å². The van der Waals surface area contributed by atoms with Gasteiger partial charge in [-0.25, -0.2) is 4.79 Å². The number of hydrogen-bond donors (Lipinski definition) is 1. The summed E-state index contributed by atoms with van der Waals surface area (Å²) in [6.07, 6.45) is 0. The van der Waals surface area contributed by atoms with Crippen molar-refractivity contribution in [2.75, 3.05) is 6.79 Å². The Bertz CT molecular complexity index is 650. The largest absolute Gasteiger partial charge is 0.508 e. The number of esters is 1. The summed E-state index contributed by atoms with van der Waals surface area (Å²) in [5.41, 5.74) is 1.12. The number of fused-ring (bicyclic) bond motifs is 1. The van der Waals surface area contributed by atoms with Gasteiger partial charge in [0.05, 0.1) is 5.56 Å². The summed E-state index contributed by atoms with van der Waals surface area (Å²) in [5.74, 6) is 0.880. The van der Waals surface area contributed by atoms with Crippen LogP contribution in [-0.2, 0) is 11.3 Å². The molecule has 0 saturated carbocycles. The van der Waals surface area contributed by atoms with Crippen molar-refractivity contribution < 1.29 is 24.1 Å². The van der Waals surface area contributed by atoms with Crippen molar-refractivity contribution in [2.45, 2.75) is 6.61 Å². The van der Waals surface area contributed by atoms with Crippen molar-refractivity contribution in [2.24, 2.45) is 0 Å². The van der Waals surface area contributed by atoms with Crippen LogP contribution < -0.4 is 9.47 Å². The molecule has 0 aromatic heterocycles. The van der Waals surface area contributed by atoms with Gasteiger partial charge in [-0.2, -0.15) is 0 Å². The van der Waals surface area contributed by atoms with Crippen molar-refractivity contribution in [3.05, 3.63) is 53.6 Å². The fraction of sp³-hybridized carbons (Fsp3) is 0.133. The molecule has 0 fully saturated rings. The number of hydrogen-bond acceptors (Lipinski definition) is 5. The zero-order valence-corrected chi connectivity index (χ0v) is 10.5. The average molecular weight is 272 g/mol. The highest BCUT2D eigenvalue weighted by atomic mass is 16.7. The smallest absolute Gasteiger partial charge is 0.338 e. The second-order valence-corrected chi connectivity index (χ2v) is 4.31. The van der Waals surface area contributed by atoms with E-state index in [0.29, 0.717) is 17.1 Å². The summed E-state index contributed by atoms with van der Waals surface area (Å²) < 4.78 is 15.6. The monoisotopic (exact) mass is 272 g/mol. The average Bonchev–Trinajstić information content (AvgIpc) is 2.92. The van der Waals surface area contributed by atoms with Crippen LogP contribution in [0.2, 0.25) is 0 Å². The fourth-order valence-corrected chi connectivity index (χ4v) is 1.90. The number of carbonyl (C=O) groups is 1. The first-order chi connectivity index (χ1) is 9.72. The van der Waals surface area contributed by atoms with E-state index in [1.807, 2.05) is 6.07 Å². The van der Waals surface area contributed by atoms with Gasteiger partial charge in [0, 0.05) is 0 Å². The van der Waals surface area contributed by atoms with Crippen LogP contribution in [0.15, 0.2) is 42.5 Å². The van der Waals surface area contributed by atoms with Gasteiger partial charge < -0.3 is 19.3 Å². The SMILES string of the molecule is O=C(OCc1ccc2c(c1)OCO2)c1cccc(O)c1. The second-order valence-electron chi connectivity index (χ2n) is 4.31. The van der Waals surface area contributed by atoms with Crippen LogP contribution in [0, 0.1) is 0 Å². The third kappa shape index (κ3) is 2.51. The minimum absolute atomic E-state index is 0.0301. The van der Waals surface area contributed by atoms with Crippen molar-refractivity contribution in [3.8, 4) is 17.2 Å². The minimum Gasteiger partial charge on any atom is -0.508 e. The van der Waals surface area contributed by atoms with Gasteiger partial charge in [-0.3, -0.25) is 0 Å². The third-order valence-electron chi connectivity index (χ3n) is 2.89. The number of rotatable bonds is 3. The maximum atomic E-state index is 11.8. The molecule has 2 aromatic rings. The lowest BCUT2D eigenvalue weighted by atomic mass is 10.2. The predicted octanol–water partition coefficient (Wildman–Crippen LogP) is 2.48. The summed E-state index contributed by atoms with van der Waals surface area (Å²) in [7, 11) is 0. The third-order valence-corrected chi connectivity index (χ3v) is 2.89. The molecule has 5 heteroatoms. The summed E-state index contributed by atoms with van der Waals surface area (Å²) in [5, 5.41) is 9.31. The molecule has 0 amide bonds. The van der Waals surface area contributed by atoms with Crippen LogP contribution in [0.5, 0.6) is 17.2 Å². The first-order valence-corrected chi connectivity index (χ1v) is 6.07. The topological polar surface area (TPSA) is 65.0 Å². The molecule has 0 saturated heterocycles. The summed E-state index contributed by atoms with van der Waals surface area (Å²) in [4.78, 5) is 11.8. The summed E-state index contributed by atoms with van der Waals surface area (Å²) >= 11 is 0. The molecule has 1 aliphatic heterocycles. The molecule has 5 nitrogen and oxygen atoms in total. The number of carbonyl (C=O) groups excluding carboxylic acids is 1. The molecule has 0 radical (unpaired) electrons. The van der Waals surface area contributed by atoms with Gasteiger partial charge >= 0.3 is 5.97 Å². The maximum Gasteiger partial charge on any atom is 0.338 e. The van der Waals surface area contributed by atoms with E-state index in [0.717, 1.165) is 5.56 Å². The molecule has 0 spiro atoms. The van der Waals surface area contributed by atoms with Gasteiger partial charge in [0.15, 0.2) is 11.5 Å². The van der Waals surface area contributed by atoms with Gasteiger partial charge in [-0.1, -0.05) is 12.1 Å². The summed E-state index contributed by atoms with van der Waals surface area (Å²) in [6.45, 7) is 0.340. The molecule has 1 N–H and O–H groups in total. The van der Waals surface area contributed by atoms with Crippen molar-refractivity contribution in [1.29, 1.82) is 0 Å². The van der Waals surface area contributed by atoms with Crippen LogP contribution in [0.1, 0.15) is 15.9 Å². The van der Waals surface area contributed by atoms with E-state index in [4.69, 9.17) is 14.2 Å². The van der Waals surface area contributed by atoms with Gasteiger partial charge in [0.1, 0.15) is 12.4 Å². The van der Waals surface area contributed by atoms with Crippen LogP contribution in [0.25, 0.3) is 0 Å². The lowest BCUT2D eigenvalue weighted by Gasteiger charge is -2.06. The quantitative estimate of drug-likeness (QED) is 0.869. The first kappa shape index (κ1) is 12.3. The van der Waals surface area contributed by atoms with Crippen LogP contribution >= 0.6 is 0 Å². The van der Waals surface area contributed by atoms with E-state index in [1.54, 1.807) is 24.3 Å². The molecule has 0 unspecified atom stereocenters. The van der Waals surface area contributed by atoms with Crippen LogP contribution in [0.4, 0.5) is 0 Å². The minimum atomic E-state index is -0.487. The Hall–Kier alpha value is -2.69. The number of ether oxygens (including phenoxy) is 3. The highest BCUT2D eigenvalue weighted by Gasteiger charge is 2.14. The Morgan fingerprint density at radius 3 is 2.85 bits per heavy atom. The highest BCUT2D eigenvalue weighted by molar-refractivity contribution is 5.89. The molecular weight excluding hydrogens is 260 g/mol.